The lowest BCUT2D eigenvalue weighted by Gasteiger charge is -2.28. The summed E-state index contributed by atoms with van der Waals surface area (Å²) in [5.41, 5.74) is 8.58. The van der Waals surface area contributed by atoms with Gasteiger partial charge in [0.15, 0.2) is 0 Å². The molecule has 1 aliphatic rings. The van der Waals surface area contributed by atoms with E-state index in [2.05, 4.69) is 24.8 Å². The lowest BCUT2D eigenvalue weighted by molar-refractivity contribution is -0.119. The molecule has 0 spiro atoms. The van der Waals surface area contributed by atoms with Crippen molar-refractivity contribution in [1.82, 2.24) is 0 Å². The zero-order chi connectivity index (χ0) is 13.7. The fourth-order valence-corrected chi connectivity index (χ4v) is 2.42. The van der Waals surface area contributed by atoms with E-state index in [4.69, 9.17) is 5.73 Å². The molecule has 100 valence electrons. The summed E-state index contributed by atoms with van der Waals surface area (Å²) in [5.74, 6) is 6.14. The molecule has 0 unspecified atom stereocenters. The van der Waals surface area contributed by atoms with Gasteiger partial charge in [-0.2, -0.15) is 0 Å². The number of piperidine rings is 1. The Morgan fingerprint density at radius 2 is 2.21 bits per heavy atom. The maximum absolute atomic E-state index is 12.0. The Morgan fingerprint density at radius 3 is 2.89 bits per heavy atom. The van der Waals surface area contributed by atoms with Gasteiger partial charge in [-0.15, -0.1) is 0 Å². The van der Waals surface area contributed by atoms with Crippen molar-refractivity contribution < 1.29 is 4.79 Å². The predicted octanol–water partition coefficient (Wildman–Crippen LogP) is 2.08. The molecule has 0 atom stereocenters. The highest BCUT2D eigenvalue weighted by Crippen LogP contribution is 2.26. The molecule has 2 rings (SSSR count). The van der Waals surface area contributed by atoms with Crippen LogP contribution < -0.4 is 10.6 Å². The number of benzene rings is 1. The summed E-state index contributed by atoms with van der Waals surface area (Å²) in [6.07, 6.45) is 3.66. The number of nitrogens with two attached hydrogens (primary N) is 1. The number of nitrogens with zero attached hydrogens (tertiary/aromatic N) is 1. The second-order valence-corrected chi connectivity index (χ2v) is 4.71. The van der Waals surface area contributed by atoms with Crippen LogP contribution in [0.5, 0.6) is 0 Å². The summed E-state index contributed by atoms with van der Waals surface area (Å²) >= 11 is 0. The molecule has 0 saturated carbocycles. The molecule has 3 nitrogen and oxygen atoms in total. The number of amides is 1. The zero-order valence-corrected chi connectivity index (χ0v) is 11.4. The van der Waals surface area contributed by atoms with E-state index in [1.54, 1.807) is 0 Å². The van der Waals surface area contributed by atoms with E-state index in [-0.39, 0.29) is 5.91 Å². The highest BCUT2D eigenvalue weighted by Gasteiger charge is 2.21. The lowest BCUT2D eigenvalue weighted by atomic mass is 10.0. The van der Waals surface area contributed by atoms with Crippen LogP contribution in [0, 0.1) is 11.8 Å². The van der Waals surface area contributed by atoms with Crippen molar-refractivity contribution in [1.29, 1.82) is 0 Å². The predicted molar refractivity (Wildman–Crippen MR) is 78.0 cm³/mol. The fourth-order valence-electron chi connectivity index (χ4n) is 2.42. The molecule has 1 aromatic rings. The van der Waals surface area contributed by atoms with Gasteiger partial charge in [-0.3, -0.25) is 4.79 Å². The van der Waals surface area contributed by atoms with Crippen molar-refractivity contribution in [3.63, 3.8) is 0 Å². The first-order valence-electron chi connectivity index (χ1n) is 6.88. The summed E-state index contributed by atoms with van der Waals surface area (Å²) in [6.45, 7) is 3.31. The Morgan fingerprint density at radius 1 is 1.37 bits per heavy atom. The molecule has 3 heteroatoms. The molecule has 1 aromatic carbocycles. The van der Waals surface area contributed by atoms with Crippen molar-refractivity contribution in [3.8, 4) is 11.8 Å². The van der Waals surface area contributed by atoms with Crippen LogP contribution in [-0.4, -0.2) is 19.0 Å². The topological polar surface area (TPSA) is 46.3 Å². The van der Waals surface area contributed by atoms with Crippen LogP contribution in [-0.2, 0) is 11.2 Å². The van der Waals surface area contributed by atoms with Gasteiger partial charge >= 0.3 is 0 Å². The first-order valence-corrected chi connectivity index (χ1v) is 6.88. The molecule has 1 fully saturated rings. The molecular weight excluding hydrogens is 236 g/mol. The quantitative estimate of drug-likeness (QED) is 0.823. The number of hydrogen-bond acceptors (Lipinski definition) is 2. The monoisotopic (exact) mass is 256 g/mol. The van der Waals surface area contributed by atoms with Crippen LogP contribution in [0.1, 0.15) is 37.3 Å². The van der Waals surface area contributed by atoms with Gasteiger partial charge in [0.2, 0.25) is 5.91 Å². The van der Waals surface area contributed by atoms with E-state index in [1.165, 1.54) is 5.56 Å². The van der Waals surface area contributed by atoms with Crippen LogP contribution in [0.25, 0.3) is 0 Å². The maximum Gasteiger partial charge on any atom is 0.226 e. The first kappa shape index (κ1) is 13.6. The highest BCUT2D eigenvalue weighted by molar-refractivity contribution is 5.94. The Labute approximate surface area is 114 Å². The molecule has 0 bridgehead atoms. The van der Waals surface area contributed by atoms with Crippen LogP contribution in [0.2, 0.25) is 0 Å². The Balaban J connectivity index is 2.32. The van der Waals surface area contributed by atoms with Crippen LogP contribution >= 0.6 is 0 Å². The van der Waals surface area contributed by atoms with E-state index < -0.39 is 0 Å². The number of carbonyl (C=O) groups excluding carboxylic acids is 1. The summed E-state index contributed by atoms with van der Waals surface area (Å²) in [6, 6.07) is 6.06. The average molecular weight is 256 g/mol. The number of aryl methyl sites for hydroxylation is 1. The van der Waals surface area contributed by atoms with Gasteiger partial charge in [0.1, 0.15) is 0 Å². The Kier molecular flexibility index (Phi) is 4.59. The third-order valence-electron chi connectivity index (χ3n) is 3.41. The fraction of sp³-hybridized carbons (Fsp3) is 0.438. The molecule has 1 amide bonds. The van der Waals surface area contributed by atoms with Gasteiger partial charge in [-0.1, -0.05) is 18.8 Å². The van der Waals surface area contributed by atoms with Crippen LogP contribution in [0.15, 0.2) is 18.2 Å². The minimum Gasteiger partial charge on any atom is -0.320 e. The average Bonchev–Trinajstić information content (AvgIpc) is 2.45. The largest absolute Gasteiger partial charge is 0.320 e. The molecule has 2 N–H and O–H groups in total. The molecule has 1 aliphatic heterocycles. The Bertz CT molecular complexity index is 525. The number of hydrogen-bond donors (Lipinski definition) is 1. The number of anilines is 1. The second kappa shape index (κ2) is 6.40. The van der Waals surface area contributed by atoms with E-state index >= 15 is 0 Å². The molecule has 0 aliphatic carbocycles. The van der Waals surface area contributed by atoms with Crippen molar-refractivity contribution in [2.45, 2.75) is 32.6 Å². The van der Waals surface area contributed by atoms with E-state index in [0.29, 0.717) is 13.0 Å². The van der Waals surface area contributed by atoms with Gasteiger partial charge in [-0.25, -0.2) is 0 Å². The minimum absolute atomic E-state index is 0.238. The van der Waals surface area contributed by atoms with Crippen molar-refractivity contribution in [2.75, 3.05) is 18.0 Å². The van der Waals surface area contributed by atoms with Gasteiger partial charge in [-0.05, 0) is 43.0 Å². The minimum atomic E-state index is 0.238. The molecule has 1 saturated heterocycles. The van der Waals surface area contributed by atoms with Crippen molar-refractivity contribution >= 4 is 11.6 Å². The van der Waals surface area contributed by atoms with Crippen molar-refractivity contribution in [3.05, 3.63) is 29.3 Å². The summed E-state index contributed by atoms with van der Waals surface area (Å²) in [5, 5.41) is 0. The van der Waals surface area contributed by atoms with Crippen molar-refractivity contribution in [2.24, 2.45) is 5.73 Å². The molecular formula is C16H20N2O. The number of carbonyl (C=O) groups is 1. The lowest BCUT2D eigenvalue weighted by Crippen LogP contribution is -2.35. The third-order valence-corrected chi connectivity index (χ3v) is 3.41. The maximum atomic E-state index is 12.0. The normalized spacial score (nSPS) is 15.1. The van der Waals surface area contributed by atoms with Gasteiger partial charge in [0, 0.05) is 24.2 Å². The molecule has 1 heterocycles. The van der Waals surface area contributed by atoms with E-state index in [9.17, 15) is 4.79 Å². The summed E-state index contributed by atoms with van der Waals surface area (Å²) in [4.78, 5) is 13.9. The van der Waals surface area contributed by atoms with Gasteiger partial charge in [0.25, 0.3) is 0 Å². The van der Waals surface area contributed by atoms with E-state index in [0.717, 1.165) is 37.1 Å². The first-order chi connectivity index (χ1) is 9.26. The standard InChI is InChI=1S/C16H20N2O/c1-2-14-12-13(6-5-10-17)8-9-15(14)18-11-4-3-7-16(18)19/h8-9,12H,2-4,7,10-11,17H2,1H3. The smallest absolute Gasteiger partial charge is 0.226 e. The Hall–Kier alpha value is -1.79. The van der Waals surface area contributed by atoms with Gasteiger partial charge in [0.05, 0.1) is 6.54 Å². The highest BCUT2D eigenvalue weighted by atomic mass is 16.2. The SMILES string of the molecule is CCc1cc(C#CCN)ccc1N1CCCCC1=O. The molecule has 0 aromatic heterocycles. The molecule has 0 radical (unpaired) electrons. The van der Waals surface area contributed by atoms with E-state index in [1.807, 2.05) is 17.0 Å². The van der Waals surface area contributed by atoms with Gasteiger partial charge < -0.3 is 10.6 Å². The molecule has 19 heavy (non-hydrogen) atoms. The second-order valence-electron chi connectivity index (χ2n) is 4.71. The third kappa shape index (κ3) is 3.15. The summed E-state index contributed by atoms with van der Waals surface area (Å²) in [7, 11) is 0. The number of rotatable bonds is 2. The van der Waals surface area contributed by atoms with Crippen LogP contribution in [0.4, 0.5) is 5.69 Å². The summed E-state index contributed by atoms with van der Waals surface area (Å²) < 4.78 is 0. The zero-order valence-electron chi connectivity index (χ0n) is 11.4. The van der Waals surface area contributed by atoms with Crippen LogP contribution in [0.3, 0.4) is 0 Å².